The third kappa shape index (κ3) is 3.92. The summed E-state index contributed by atoms with van der Waals surface area (Å²) >= 11 is 1.66. The minimum atomic E-state index is -4.37. The highest BCUT2D eigenvalue weighted by Gasteiger charge is 2.34. The standard InChI is InChI=1S/C15H19F3N4S/c1-11-13(23-10-19-11)4-7-21-6-2-3-12(9-21)22-8-5-14(20-22)15(16,17)18/h5,8,10,12H,2-4,6-7,9H2,1H3/t12-/m0/s1. The van der Waals surface area contributed by atoms with Crippen LogP contribution in [0.25, 0.3) is 0 Å². The van der Waals surface area contributed by atoms with E-state index in [0.29, 0.717) is 0 Å². The summed E-state index contributed by atoms with van der Waals surface area (Å²) in [4.78, 5) is 7.84. The summed E-state index contributed by atoms with van der Waals surface area (Å²) in [6, 6.07) is 1.07. The van der Waals surface area contributed by atoms with Gasteiger partial charge in [-0.2, -0.15) is 18.3 Å². The van der Waals surface area contributed by atoms with E-state index in [-0.39, 0.29) is 6.04 Å². The van der Waals surface area contributed by atoms with Crippen LogP contribution >= 0.6 is 11.3 Å². The summed E-state index contributed by atoms with van der Waals surface area (Å²) in [5, 5.41) is 3.72. The van der Waals surface area contributed by atoms with Gasteiger partial charge in [0.2, 0.25) is 0 Å². The third-order valence-corrected chi connectivity index (χ3v) is 5.25. The minimum Gasteiger partial charge on any atom is -0.301 e. The van der Waals surface area contributed by atoms with Crippen LogP contribution in [-0.4, -0.2) is 39.3 Å². The molecule has 2 aromatic rings. The van der Waals surface area contributed by atoms with E-state index in [1.807, 2.05) is 12.4 Å². The molecule has 0 spiro atoms. The number of halogens is 3. The summed E-state index contributed by atoms with van der Waals surface area (Å²) in [5.41, 5.74) is 2.12. The lowest BCUT2D eigenvalue weighted by molar-refractivity contribution is -0.141. The molecule has 0 aromatic carbocycles. The predicted octanol–water partition coefficient (Wildman–Crippen LogP) is 3.55. The van der Waals surface area contributed by atoms with Gasteiger partial charge in [0, 0.05) is 24.2 Å². The van der Waals surface area contributed by atoms with Crippen LogP contribution in [0.15, 0.2) is 17.8 Å². The molecular weight excluding hydrogens is 325 g/mol. The molecule has 8 heteroatoms. The zero-order valence-electron chi connectivity index (χ0n) is 12.9. The number of aryl methyl sites for hydroxylation is 1. The quantitative estimate of drug-likeness (QED) is 0.851. The van der Waals surface area contributed by atoms with Gasteiger partial charge >= 0.3 is 6.18 Å². The van der Waals surface area contributed by atoms with E-state index in [4.69, 9.17) is 0 Å². The van der Waals surface area contributed by atoms with Gasteiger partial charge in [-0.25, -0.2) is 4.98 Å². The fraction of sp³-hybridized carbons (Fsp3) is 0.600. The lowest BCUT2D eigenvalue weighted by Crippen LogP contribution is -2.38. The van der Waals surface area contributed by atoms with Crippen LogP contribution in [0.3, 0.4) is 0 Å². The molecule has 1 fully saturated rings. The fourth-order valence-corrected chi connectivity index (χ4v) is 3.74. The molecule has 0 saturated carbocycles. The Morgan fingerprint density at radius 2 is 2.22 bits per heavy atom. The maximum Gasteiger partial charge on any atom is 0.435 e. The number of thiazole rings is 1. The highest BCUT2D eigenvalue weighted by atomic mass is 32.1. The van der Waals surface area contributed by atoms with Gasteiger partial charge in [0.15, 0.2) is 5.69 Å². The second kappa shape index (κ2) is 6.60. The summed E-state index contributed by atoms with van der Waals surface area (Å²) in [7, 11) is 0. The highest BCUT2D eigenvalue weighted by molar-refractivity contribution is 7.09. The maximum atomic E-state index is 12.7. The number of hydrogen-bond acceptors (Lipinski definition) is 4. The van der Waals surface area contributed by atoms with Crippen LogP contribution in [-0.2, 0) is 12.6 Å². The van der Waals surface area contributed by atoms with E-state index >= 15 is 0 Å². The molecule has 1 atom stereocenters. The molecule has 1 saturated heterocycles. The first-order valence-electron chi connectivity index (χ1n) is 7.67. The highest BCUT2D eigenvalue weighted by Crippen LogP contribution is 2.29. The molecule has 0 unspecified atom stereocenters. The first-order chi connectivity index (χ1) is 10.9. The fourth-order valence-electron chi connectivity index (χ4n) is 2.97. The average Bonchev–Trinajstić information content (AvgIpc) is 3.14. The Bertz CT molecular complexity index is 649. The molecule has 0 aliphatic carbocycles. The molecule has 23 heavy (non-hydrogen) atoms. The Morgan fingerprint density at radius 1 is 1.39 bits per heavy atom. The molecule has 1 aliphatic heterocycles. The smallest absolute Gasteiger partial charge is 0.301 e. The molecule has 1 aliphatic rings. The van der Waals surface area contributed by atoms with E-state index in [1.165, 1.54) is 15.8 Å². The van der Waals surface area contributed by atoms with Gasteiger partial charge in [0.1, 0.15) is 0 Å². The van der Waals surface area contributed by atoms with E-state index in [0.717, 1.165) is 50.7 Å². The molecular formula is C15H19F3N4S. The van der Waals surface area contributed by atoms with Crippen LogP contribution in [0, 0.1) is 6.92 Å². The second-order valence-corrected chi connectivity index (χ2v) is 6.83. The number of hydrogen-bond donors (Lipinski definition) is 0. The van der Waals surface area contributed by atoms with Gasteiger partial charge in [-0.3, -0.25) is 4.68 Å². The largest absolute Gasteiger partial charge is 0.435 e. The zero-order chi connectivity index (χ0) is 16.4. The number of nitrogens with zero attached hydrogens (tertiary/aromatic N) is 4. The zero-order valence-corrected chi connectivity index (χ0v) is 13.7. The lowest BCUT2D eigenvalue weighted by atomic mass is 10.1. The topological polar surface area (TPSA) is 34.0 Å². The summed E-state index contributed by atoms with van der Waals surface area (Å²) in [5.74, 6) is 0. The van der Waals surface area contributed by atoms with E-state index in [2.05, 4.69) is 15.0 Å². The summed E-state index contributed by atoms with van der Waals surface area (Å²) in [6.45, 7) is 4.65. The maximum absolute atomic E-state index is 12.7. The van der Waals surface area contributed by atoms with Crippen molar-refractivity contribution < 1.29 is 13.2 Å². The first kappa shape index (κ1) is 16.4. The second-order valence-electron chi connectivity index (χ2n) is 5.89. The van der Waals surface area contributed by atoms with Crippen molar-refractivity contribution in [3.8, 4) is 0 Å². The van der Waals surface area contributed by atoms with Gasteiger partial charge in [-0.15, -0.1) is 11.3 Å². The van der Waals surface area contributed by atoms with Gasteiger partial charge in [0.25, 0.3) is 0 Å². The van der Waals surface area contributed by atoms with Crippen molar-refractivity contribution in [2.45, 2.75) is 38.4 Å². The van der Waals surface area contributed by atoms with Crippen molar-refractivity contribution in [3.05, 3.63) is 34.0 Å². The monoisotopic (exact) mass is 344 g/mol. The molecule has 4 nitrogen and oxygen atoms in total. The summed E-state index contributed by atoms with van der Waals surface area (Å²) < 4.78 is 39.5. The molecule has 126 valence electrons. The van der Waals surface area contributed by atoms with E-state index in [1.54, 1.807) is 11.3 Å². The van der Waals surface area contributed by atoms with Crippen LogP contribution in [0.4, 0.5) is 13.2 Å². The van der Waals surface area contributed by atoms with Gasteiger partial charge in [0.05, 0.1) is 17.2 Å². The average molecular weight is 344 g/mol. The summed E-state index contributed by atoms with van der Waals surface area (Å²) in [6.07, 6.45) is -0.133. The number of aromatic nitrogens is 3. The normalized spacial score (nSPS) is 20.1. The molecule has 0 amide bonds. The molecule has 0 bridgehead atoms. The van der Waals surface area contributed by atoms with Gasteiger partial charge in [-0.05, 0) is 38.8 Å². The lowest BCUT2D eigenvalue weighted by Gasteiger charge is -2.32. The van der Waals surface area contributed by atoms with Crippen molar-refractivity contribution in [2.75, 3.05) is 19.6 Å². The Hall–Kier alpha value is -1.41. The van der Waals surface area contributed by atoms with Crippen molar-refractivity contribution in [3.63, 3.8) is 0 Å². The molecule has 0 radical (unpaired) electrons. The van der Waals surface area contributed by atoms with Crippen LogP contribution < -0.4 is 0 Å². The van der Waals surface area contributed by atoms with Gasteiger partial charge < -0.3 is 4.90 Å². The first-order valence-corrected chi connectivity index (χ1v) is 8.55. The van der Waals surface area contributed by atoms with Crippen LogP contribution in [0.5, 0.6) is 0 Å². The van der Waals surface area contributed by atoms with Crippen LogP contribution in [0.1, 0.15) is 35.1 Å². The van der Waals surface area contributed by atoms with E-state index < -0.39 is 11.9 Å². The third-order valence-electron chi connectivity index (χ3n) is 4.25. The van der Waals surface area contributed by atoms with Gasteiger partial charge in [-0.1, -0.05) is 0 Å². The Labute approximate surface area is 136 Å². The van der Waals surface area contributed by atoms with Crippen molar-refractivity contribution >= 4 is 11.3 Å². The predicted molar refractivity (Wildman–Crippen MR) is 82.5 cm³/mol. The van der Waals surface area contributed by atoms with Crippen molar-refractivity contribution in [2.24, 2.45) is 0 Å². The molecule has 3 rings (SSSR count). The number of likely N-dealkylation sites (tertiary alicyclic amines) is 1. The minimum absolute atomic E-state index is 0.0161. The molecule has 0 N–H and O–H groups in total. The van der Waals surface area contributed by atoms with Crippen molar-refractivity contribution in [1.29, 1.82) is 0 Å². The molecule has 3 heterocycles. The van der Waals surface area contributed by atoms with E-state index in [9.17, 15) is 13.2 Å². The molecule has 2 aromatic heterocycles. The van der Waals surface area contributed by atoms with Crippen molar-refractivity contribution in [1.82, 2.24) is 19.7 Å². The number of piperidine rings is 1. The Kier molecular flexibility index (Phi) is 4.72. The Morgan fingerprint density at radius 3 is 2.87 bits per heavy atom. The number of rotatable bonds is 4. The Balaban J connectivity index is 1.60. The number of alkyl halides is 3. The SMILES string of the molecule is Cc1ncsc1CCN1CCC[C@H](n2ccc(C(F)(F)F)n2)C1. The van der Waals surface area contributed by atoms with Crippen LogP contribution in [0.2, 0.25) is 0 Å².